The lowest BCUT2D eigenvalue weighted by atomic mass is 10.0. The maximum atomic E-state index is 10.9. The van der Waals surface area contributed by atoms with Crippen molar-refractivity contribution in [2.45, 2.75) is 56.0 Å². The second-order valence-corrected chi connectivity index (χ2v) is 6.95. The zero-order chi connectivity index (χ0) is 17.2. The molecule has 25 heavy (non-hydrogen) atoms. The predicted molar refractivity (Wildman–Crippen MR) is 89.1 cm³/mol. The molecule has 0 radical (unpaired) electrons. The number of primary amides is 1. The van der Waals surface area contributed by atoms with Crippen LogP contribution in [0, 0.1) is 0 Å². The van der Waals surface area contributed by atoms with Crippen LogP contribution in [0.5, 0.6) is 0 Å². The number of hydrogen-bond acceptors (Lipinski definition) is 7. The Morgan fingerprint density at radius 1 is 1.28 bits per heavy atom. The van der Waals surface area contributed by atoms with Gasteiger partial charge < -0.3 is 25.3 Å². The number of amides is 1. The van der Waals surface area contributed by atoms with E-state index in [9.17, 15) is 4.79 Å². The van der Waals surface area contributed by atoms with Crippen molar-refractivity contribution in [1.82, 2.24) is 9.97 Å². The highest BCUT2D eigenvalue weighted by Crippen LogP contribution is 2.34. The molecule has 4 atom stereocenters. The summed E-state index contributed by atoms with van der Waals surface area (Å²) in [5, 5.41) is 3.34. The summed E-state index contributed by atoms with van der Waals surface area (Å²) in [6.07, 6.45) is 6.16. The molecule has 4 rings (SSSR count). The molecule has 1 amide bonds. The largest absolute Gasteiger partial charge is 0.370 e. The molecular formula is C17H24N4O4. The number of fused-ring (bicyclic) bond motifs is 1. The van der Waals surface area contributed by atoms with Crippen LogP contribution in [0.15, 0.2) is 12.3 Å². The van der Waals surface area contributed by atoms with Crippen molar-refractivity contribution in [1.29, 1.82) is 0 Å². The van der Waals surface area contributed by atoms with Crippen LogP contribution in [0.3, 0.4) is 0 Å². The molecule has 8 heteroatoms. The molecule has 1 aliphatic carbocycles. The Balaban J connectivity index is 1.37. The average molecular weight is 348 g/mol. The topological polar surface area (TPSA) is 109 Å². The summed E-state index contributed by atoms with van der Waals surface area (Å²) in [5.74, 6) is 0.669. The first-order chi connectivity index (χ1) is 12.2. The van der Waals surface area contributed by atoms with Crippen LogP contribution >= 0.6 is 0 Å². The number of anilines is 1. The molecule has 1 aromatic rings. The third kappa shape index (κ3) is 3.61. The van der Waals surface area contributed by atoms with Crippen LogP contribution < -0.4 is 11.1 Å². The smallest absolute Gasteiger partial charge is 0.243 e. The summed E-state index contributed by atoms with van der Waals surface area (Å²) >= 11 is 0. The molecule has 3 fully saturated rings. The monoisotopic (exact) mass is 348 g/mol. The number of aromatic nitrogens is 2. The Hall–Kier alpha value is -1.77. The molecule has 1 aromatic heterocycles. The Morgan fingerprint density at radius 2 is 2.08 bits per heavy atom. The number of rotatable bonds is 6. The minimum Gasteiger partial charge on any atom is -0.370 e. The van der Waals surface area contributed by atoms with Gasteiger partial charge in [0.2, 0.25) is 11.9 Å². The number of nitrogens with zero attached hydrogens (tertiary/aromatic N) is 2. The van der Waals surface area contributed by atoms with Crippen molar-refractivity contribution >= 4 is 11.9 Å². The average Bonchev–Trinajstić information content (AvgIpc) is 3.33. The predicted octanol–water partition coefficient (Wildman–Crippen LogP) is 0.583. The van der Waals surface area contributed by atoms with Crippen molar-refractivity contribution in [3.63, 3.8) is 0 Å². The standard InChI is InChI=1S/C17H24N4O4/c18-14(22)9-23-13-8-25-15-12(7-24-16(13)15)21-17-19-6-5-11(20-17)10-3-1-2-4-10/h5-6,10,12-13,15-16H,1-4,7-9H2,(H2,18,22)(H,19,20,21)/t12-,13-,15-,16+/m1/s1. The molecule has 0 bridgehead atoms. The number of nitrogens with two attached hydrogens (primary N) is 1. The Labute approximate surface area is 146 Å². The Kier molecular flexibility index (Phi) is 4.82. The van der Waals surface area contributed by atoms with Gasteiger partial charge in [-0.3, -0.25) is 4.79 Å². The van der Waals surface area contributed by atoms with Gasteiger partial charge in [0.25, 0.3) is 0 Å². The molecule has 8 nitrogen and oxygen atoms in total. The second-order valence-electron chi connectivity index (χ2n) is 6.95. The van der Waals surface area contributed by atoms with Crippen LogP contribution in [0.4, 0.5) is 5.95 Å². The summed E-state index contributed by atoms with van der Waals surface area (Å²) in [6.45, 7) is 0.762. The molecule has 3 N–H and O–H groups in total. The van der Waals surface area contributed by atoms with Gasteiger partial charge in [-0.1, -0.05) is 12.8 Å². The molecule has 0 aromatic carbocycles. The Morgan fingerprint density at radius 3 is 2.88 bits per heavy atom. The number of ether oxygens (including phenoxy) is 3. The quantitative estimate of drug-likeness (QED) is 0.774. The fourth-order valence-corrected chi connectivity index (χ4v) is 3.98. The SMILES string of the molecule is NC(=O)CO[C@@H]1CO[C@H]2[C@H]1OC[C@H]2Nc1nccc(C2CCCC2)n1. The minimum atomic E-state index is -0.492. The lowest BCUT2D eigenvalue weighted by Crippen LogP contribution is -2.37. The molecule has 3 heterocycles. The van der Waals surface area contributed by atoms with Crippen molar-refractivity contribution in [3.8, 4) is 0 Å². The van der Waals surface area contributed by atoms with Crippen molar-refractivity contribution < 1.29 is 19.0 Å². The molecule has 2 saturated heterocycles. The van der Waals surface area contributed by atoms with E-state index in [4.69, 9.17) is 19.9 Å². The number of hydrogen-bond donors (Lipinski definition) is 2. The van der Waals surface area contributed by atoms with Crippen LogP contribution in [0.1, 0.15) is 37.3 Å². The van der Waals surface area contributed by atoms with E-state index in [-0.39, 0.29) is 31.0 Å². The van der Waals surface area contributed by atoms with Gasteiger partial charge in [-0.25, -0.2) is 9.97 Å². The summed E-state index contributed by atoms with van der Waals surface area (Å²) in [4.78, 5) is 19.9. The zero-order valence-corrected chi connectivity index (χ0v) is 14.1. The molecule has 0 unspecified atom stereocenters. The highest BCUT2D eigenvalue weighted by Gasteiger charge is 2.48. The van der Waals surface area contributed by atoms with Crippen LogP contribution in [-0.4, -0.2) is 60.0 Å². The van der Waals surface area contributed by atoms with E-state index < -0.39 is 5.91 Å². The molecule has 1 saturated carbocycles. The van der Waals surface area contributed by atoms with Crippen LogP contribution in [0.2, 0.25) is 0 Å². The summed E-state index contributed by atoms with van der Waals surface area (Å²) in [6, 6.07) is 1.97. The normalized spacial score (nSPS) is 32.0. The maximum absolute atomic E-state index is 10.9. The number of carbonyl (C=O) groups is 1. The second kappa shape index (κ2) is 7.23. The molecule has 3 aliphatic rings. The molecule has 136 valence electrons. The van der Waals surface area contributed by atoms with Gasteiger partial charge in [-0.15, -0.1) is 0 Å². The molecule has 0 spiro atoms. The lowest BCUT2D eigenvalue weighted by molar-refractivity contribution is -0.126. The van der Waals surface area contributed by atoms with Gasteiger partial charge in [-0.05, 0) is 18.9 Å². The van der Waals surface area contributed by atoms with E-state index in [1.165, 1.54) is 25.7 Å². The van der Waals surface area contributed by atoms with E-state index >= 15 is 0 Å². The van der Waals surface area contributed by atoms with Crippen LogP contribution in [-0.2, 0) is 19.0 Å². The number of carbonyl (C=O) groups excluding carboxylic acids is 1. The first-order valence-corrected chi connectivity index (χ1v) is 8.93. The third-order valence-corrected chi connectivity index (χ3v) is 5.21. The van der Waals surface area contributed by atoms with Gasteiger partial charge in [0, 0.05) is 17.8 Å². The van der Waals surface area contributed by atoms with E-state index in [0.717, 1.165) is 5.69 Å². The maximum Gasteiger partial charge on any atom is 0.243 e. The van der Waals surface area contributed by atoms with E-state index in [1.807, 2.05) is 12.3 Å². The van der Waals surface area contributed by atoms with Crippen LogP contribution in [0.25, 0.3) is 0 Å². The van der Waals surface area contributed by atoms with Gasteiger partial charge in [0.1, 0.15) is 24.9 Å². The third-order valence-electron chi connectivity index (χ3n) is 5.21. The molecule has 2 aliphatic heterocycles. The van der Waals surface area contributed by atoms with Crippen molar-refractivity contribution in [3.05, 3.63) is 18.0 Å². The fourth-order valence-electron chi connectivity index (χ4n) is 3.98. The Bertz CT molecular complexity index is 622. The minimum absolute atomic E-state index is 0.0361. The summed E-state index contributed by atoms with van der Waals surface area (Å²) < 4.78 is 17.1. The first kappa shape index (κ1) is 16.7. The van der Waals surface area contributed by atoms with Crippen molar-refractivity contribution in [2.24, 2.45) is 5.73 Å². The van der Waals surface area contributed by atoms with E-state index in [0.29, 0.717) is 25.1 Å². The van der Waals surface area contributed by atoms with Gasteiger partial charge >= 0.3 is 0 Å². The van der Waals surface area contributed by atoms with E-state index in [1.54, 1.807) is 0 Å². The summed E-state index contributed by atoms with van der Waals surface area (Å²) in [5.41, 5.74) is 6.24. The van der Waals surface area contributed by atoms with E-state index in [2.05, 4.69) is 15.3 Å². The highest BCUT2D eigenvalue weighted by atomic mass is 16.6. The molecular weight excluding hydrogens is 324 g/mol. The zero-order valence-electron chi connectivity index (χ0n) is 14.1. The fraction of sp³-hybridized carbons (Fsp3) is 0.706. The van der Waals surface area contributed by atoms with Gasteiger partial charge in [-0.2, -0.15) is 0 Å². The first-order valence-electron chi connectivity index (χ1n) is 8.93. The highest BCUT2D eigenvalue weighted by molar-refractivity contribution is 5.75. The summed E-state index contributed by atoms with van der Waals surface area (Å²) in [7, 11) is 0. The number of nitrogens with one attached hydrogen (secondary N) is 1. The lowest BCUT2D eigenvalue weighted by Gasteiger charge is -2.18. The van der Waals surface area contributed by atoms with Gasteiger partial charge in [0.05, 0.1) is 19.3 Å². The van der Waals surface area contributed by atoms with Gasteiger partial charge in [0.15, 0.2) is 0 Å². The van der Waals surface area contributed by atoms with Crippen molar-refractivity contribution in [2.75, 3.05) is 25.1 Å².